The number of H-pyrrole nitrogens is 1. The van der Waals surface area contributed by atoms with Gasteiger partial charge in [-0.1, -0.05) is 18.2 Å². The maximum absolute atomic E-state index is 11.4. The number of para-hydroxylation sites is 1. The summed E-state index contributed by atoms with van der Waals surface area (Å²) in [5, 5.41) is 12.9. The molecule has 1 aromatic carbocycles. The molecule has 1 aliphatic heterocycles. The highest BCUT2D eigenvalue weighted by molar-refractivity contribution is 5.87. The molecule has 1 aromatic heterocycles. The molecule has 0 saturated heterocycles. The van der Waals surface area contributed by atoms with Crippen LogP contribution in [0.5, 0.6) is 0 Å². The molecule has 0 aliphatic carbocycles. The van der Waals surface area contributed by atoms with Crippen LogP contribution in [0.3, 0.4) is 0 Å². The molecule has 1 atom stereocenters. The van der Waals surface area contributed by atoms with Gasteiger partial charge in [-0.2, -0.15) is 0 Å². The Morgan fingerprint density at radius 1 is 1.41 bits per heavy atom. The highest BCUT2D eigenvalue weighted by atomic mass is 16.5. The zero-order valence-corrected chi connectivity index (χ0v) is 9.16. The van der Waals surface area contributed by atoms with E-state index in [1.165, 1.54) is 0 Å². The minimum absolute atomic E-state index is 0.369. The Morgan fingerprint density at radius 2 is 2.24 bits per heavy atom. The molecule has 1 unspecified atom stereocenters. The molecule has 0 radical (unpaired) electrons. The largest absolute Gasteiger partial charge is 0.357 e. The Hall–Kier alpha value is -1.85. The molecule has 0 fully saturated rings. The van der Waals surface area contributed by atoms with Crippen molar-refractivity contribution in [3.8, 4) is 0 Å². The van der Waals surface area contributed by atoms with Crippen molar-refractivity contribution in [1.82, 2.24) is 15.8 Å². The molecule has 17 heavy (non-hydrogen) atoms. The van der Waals surface area contributed by atoms with Gasteiger partial charge in [-0.25, -0.2) is 5.48 Å². The molecule has 4 N–H and O–H groups in total. The lowest BCUT2D eigenvalue weighted by atomic mass is 9.98. The number of carbonyl (C=O) groups excluding carboxylic acids is 1. The van der Waals surface area contributed by atoms with Gasteiger partial charge in [-0.3, -0.25) is 15.3 Å². The molecule has 88 valence electrons. The lowest BCUT2D eigenvalue weighted by Crippen LogP contribution is -2.46. The van der Waals surface area contributed by atoms with Gasteiger partial charge in [0.05, 0.1) is 6.04 Å². The van der Waals surface area contributed by atoms with Crippen LogP contribution in [-0.4, -0.2) is 22.1 Å². The van der Waals surface area contributed by atoms with E-state index in [1.54, 1.807) is 5.48 Å². The summed E-state index contributed by atoms with van der Waals surface area (Å²) < 4.78 is 0. The van der Waals surface area contributed by atoms with E-state index in [2.05, 4.69) is 10.3 Å². The van der Waals surface area contributed by atoms with Crippen molar-refractivity contribution in [3.05, 3.63) is 35.5 Å². The van der Waals surface area contributed by atoms with Gasteiger partial charge in [0, 0.05) is 23.1 Å². The van der Waals surface area contributed by atoms with Crippen molar-refractivity contribution < 1.29 is 10.0 Å². The number of nitrogens with one attached hydrogen (secondary N) is 3. The Kier molecular flexibility index (Phi) is 2.35. The molecule has 0 saturated carbocycles. The van der Waals surface area contributed by atoms with Gasteiger partial charge in [0.15, 0.2) is 0 Å². The molecular weight excluding hydrogens is 218 g/mol. The average molecular weight is 231 g/mol. The molecule has 2 aromatic rings. The Bertz CT molecular complexity index is 576. The van der Waals surface area contributed by atoms with Gasteiger partial charge in [-0.15, -0.1) is 0 Å². The number of amides is 1. The monoisotopic (exact) mass is 231 g/mol. The fourth-order valence-corrected chi connectivity index (χ4v) is 2.40. The van der Waals surface area contributed by atoms with Crippen LogP contribution in [0.2, 0.25) is 0 Å². The SMILES string of the molecule is O=C(NO)C1Cc2c([nH]c3ccccc23)CN1. The van der Waals surface area contributed by atoms with E-state index in [1.807, 2.05) is 24.3 Å². The van der Waals surface area contributed by atoms with Gasteiger partial charge in [0.2, 0.25) is 0 Å². The van der Waals surface area contributed by atoms with Crippen molar-refractivity contribution in [1.29, 1.82) is 0 Å². The number of aromatic nitrogens is 1. The van der Waals surface area contributed by atoms with Crippen molar-refractivity contribution in [2.24, 2.45) is 0 Å². The highest BCUT2D eigenvalue weighted by Gasteiger charge is 2.26. The molecule has 3 rings (SSSR count). The molecule has 1 amide bonds. The smallest absolute Gasteiger partial charge is 0.260 e. The maximum atomic E-state index is 11.4. The van der Waals surface area contributed by atoms with Crippen molar-refractivity contribution in [2.45, 2.75) is 19.0 Å². The van der Waals surface area contributed by atoms with Crippen molar-refractivity contribution in [2.75, 3.05) is 0 Å². The van der Waals surface area contributed by atoms with E-state index >= 15 is 0 Å². The van der Waals surface area contributed by atoms with Crippen LogP contribution in [-0.2, 0) is 17.8 Å². The summed E-state index contributed by atoms with van der Waals surface area (Å²) in [5.74, 6) is -0.388. The molecule has 1 aliphatic rings. The predicted octanol–water partition coefficient (Wildman–Crippen LogP) is 0.688. The van der Waals surface area contributed by atoms with Crippen LogP contribution >= 0.6 is 0 Å². The van der Waals surface area contributed by atoms with Crippen LogP contribution in [0.1, 0.15) is 11.3 Å². The molecule has 5 heteroatoms. The zero-order chi connectivity index (χ0) is 11.8. The fraction of sp³-hybridized carbons (Fsp3) is 0.250. The van der Waals surface area contributed by atoms with Crippen LogP contribution in [0.25, 0.3) is 10.9 Å². The van der Waals surface area contributed by atoms with Gasteiger partial charge in [-0.05, 0) is 18.1 Å². The lowest BCUT2D eigenvalue weighted by Gasteiger charge is -2.22. The second-order valence-corrected chi connectivity index (χ2v) is 4.24. The van der Waals surface area contributed by atoms with Gasteiger partial charge in [0.25, 0.3) is 5.91 Å². The number of benzene rings is 1. The zero-order valence-electron chi connectivity index (χ0n) is 9.16. The Labute approximate surface area is 97.8 Å². The van der Waals surface area contributed by atoms with Crippen molar-refractivity contribution in [3.63, 3.8) is 0 Å². The molecule has 2 heterocycles. The summed E-state index contributed by atoms with van der Waals surface area (Å²) in [4.78, 5) is 14.7. The Balaban J connectivity index is 2.03. The van der Waals surface area contributed by atoms with Crippen LogP contribution in [0.4, 0.5) is 0 Å². The summed E-state index contributed by atoms with van der Waals surface area (Å²) >= 11 is 0. The van der Waals surface area contributed by atoms with Crippen LogP contribution in [0.15, 0.2) is 24.3 Å². The number of hydrogen-bond acceptors (Lipinski definition) is 3. The lowest BCUT2D eigenvalue weighted by molar-refractivity contribution is -0.131. The molecule has 0 bridgehead atoms. The number of fused-ring (bicyclic) bond motifs is 3. The van der Waals surface area contributed by atoms with Crippen LogP contribution < -0.4 is 10.8 Å². The van der Waals surface area contributed by atoms with E-state index in [0.717, 1.165) is 22.2 Å². The topological polar surface area (TPSA) is 77.2 Å². The van der Waals surface area contributed by atoms with E-state index < -0.39 is 0 Å². The first-order valence-corrected chi connectivity index (χ1v) is 5.55. The summed E-state index contributed by atoms with van der Waals surface area (Å²) in [5.41, 5.74) is 5.06. The first-order valence-electron chi connectivity index (χ1n) is 5.55. The third kappa shape index (κ3) is 1.60. The average Bonchev–Trinajstić information content (AvgIpc) is 2.75. The first kappa shape index (κ1) is 10.3. The normalized spacial score (nSPS) is 19.0. The van der Waals surface area contributed by atoms with Crippen LogP contribution in [0, 0.1) is 0 Å². The van der Waals surface area contributed by atoms with E-state index in [4.69, 9.17) is 5.21 Å². The maximum Gasteiger partial charge on any atom is 0.260 e. The van der Waals surface area contributed by atoms with Gasteiger partial charge >= 0.3 is 0 Å². The summed E-state index contributed by atoms with van der Waals surface area (Å²) in [6.07, 6.45) is 0.589. The second-order valence-electron chi connectivity index (χ2n) is 4.24. The Morgan fingerprint density at radius 3 is 3.06 bits per heavy atom. The summed E-state index contributed by atoms with van der Waals surface area (Å²) in [7, 11) is 0. The number of hydrogen-bond donors (Lipinski definition) is 4. The van der Waals surface area contributed by atoms with Gasteiger partial charge in [0.1, 0.15) is 0 Å². The van der Waals surface area contributed by atoms with Crippen molar-refractivity contribution >= 4 is 16.8 Å². The van der Waals surface area contributed by atoms with E-state index in [-0.39, 0.29) is 11.9 Å². The number of carbonyl (C=O) groups is 1. The molecule has 5 nitrogen and oxygen atoms in total. The summed E-state index contributed by atoms with van der Waals surface area (Å²) in [6, 6.07) is 7.67. The molecular formula is C12H13N3O2. The third-order valence-electron chi connectivity index (χ3n) is 3.26. The van der Waals surface area contributed by atoms with E-state index in [9.17, 15) is 4.79 Å². The van der Waals surface area contributed by atoms with E-state index in [0.29, 0.717) is 13.0 Å². The quantitative estimate of drug-likeness (QED) is 0.431. The minimum atomic E-state index is -0.388. The fourth-order valence-electron chi connectivity index (χ4n) is 2.40. The van der Waals surface area contributed by atoms with Gasteiger partial charge < -0.3 is 4.98 Å². The number of rotatable bonds is 1. The standard InChI is InChI=1S/C12H13N3O2/c16-12(15-17)10-5-8-7-3-1-2-4-9(7)14-11(8)6-13-10/h1-4,10,13-14,17H,5-6H2,(H,15,16). The third-order valence-corrected chi connectivity index (χ3v) is 3.26. The first-order chi connectivity index (χ1) is 8.29. The predicted molar refractivity (Wildman–Crippen MR) is 62.6 cm³/mol. The highest BCUT2D eigenvalue weighted by Crippen LogP contribution is 2.26. The second kappa shape index (κ2) is 3.87. The minimum Gasteiger partial charge on any atom is -0.357 e. The molecule has 0 spiro atoms. The number of aromatic amines is 1. The summed E-state index contributed by atoms with van der Waals surface area (Å²) in [6.45, 7) is 0.613. The number of hydroxylamine groups is 1.